The minimum absolute atomic E-state index is 0.124. The van der Waals surface area contributed by atoms with Crippen LogP contribution in [0.5, 0.6) is 11.5 Å². The Morgan fingerprint density at radius 1 is 1.18 bits per heavy atom. The number of nitrogens with zero attached hydrogens (tertiary/aromatic N) is 2. The molecule has 0 atom stereocenters. The zero-order valence-electron chi connectivity index (χ0n) is 14.8. The molecule has 0 aromatic heterocycles. The molecule has 0 saturated heterocycles. The molecule has 0 unspecified atom stereocenters. The maximum absolute atomic E-state index is 12.4. The molecule has 1 N–H and O–H groups in total. The Balaban J connectivity index is 2.29. The van der Waals surface area contributed by atoms with E-state index in [2.05, 4.69) is 5.32 Å². The van der Waals surface area contributed by atoms with Crippen LogP contribution in [-0.2, 0) is 4.79 Å². The van der Waals surface area contributed by atoms with Gasteiger partial charge in [-0.3, -0.25) is 4.79 Å². The number of nitrogens with one attached hydrogen (secondary N) is 1. The Labute approximate surface area is 172 Å². The van der Waals surface area contributed by atoms with Crippen molar-refractivity contribution in [3.63, 3.8) is 0 Å². The molecule has 28 heavy (non-hydrogen) atoms. The summed E-state index contributed by atoms with van der Waals surface area (Å²) < 4.78 is 10.8. The third-order valence-corrected chi connectivity index (χ3v) is 4.25. The number of carbonyl (C=O) groups is 1. The van der Waals surface area contributed by atoms with Gasteiger partial charge in [0, 0.05) is 0 Å². The van der Waals surface area contributed by atoms with Crippen molar-refractivity contribution in [3.8, 4) is 23.6 Å². The van der Waals surface area contributed by atoms with E-state index in [4.69, 9.17) is 37.9 Å². The minimum Gasteiger partial charge on any atom is -0.490 e. The average Bonchev–Trinajstić information content (AvgIpc) is 2.69. The lowest BCUT2D eigenvalue weighted by atomic mass is 10.1. The monoisotopic (exact) mass is 415 g/mol. The Morgan fingerprint density at radius 3 is 2.64 bits per heavy atom. The van der Waals surface area contributed by atoms with Gasteiger partial charge in [0.05, 0.1) is 22.3 Å². The molecule has 2 aromatic carbocycles. The van der Waals surface area contributed by atoms with Gasteiger partial charge in [0.1, 0.15) is 17.7 Å². The highest BCUT2D eigenvalue weighted by atomic mass is 35.5. The summed E-state index contributed by atoms with van der Waals surface area (Å²) in [4.78, 5) is 12.4. The molecule has 0 spiro atoms. The van der Waals surface area contributed by atoms with E-state index in [1.165, 1.54) is 6.08 Å². The lowest BCUT2D eigenvalue weighted by molar-refractivity contribution is -0.112. The van der Waals surface area contributed by atoms with Crippen molar-refractivity contribution < 1.29 is 14.3 Å². The molecule has 0 aliphatic heterocycles. The number of carbonyl (C=O) groups excluding carboxylic acids is 1. The van der Waals surface area contributed by atoms with Gasteiger partial charge in [-0.15, -0.1) is 0 Å². The average molecular weight is 416 g/mol. The summed E-state index contributed by atoms with van der Waals surface area (Å²) in [7, 11) is 0. The van der Waals surface area contributed by atoms with Crippen LogP contribution in [0.4, 0.5) is 5.69 Å². The summed E-state index contributed by atoms with van der Waals surface area (Å²) >= 11 is 12.0. The van der Waals surface area contributed by atoms with Crippen LogP contribution in [-0.4, -0.2) is 19.1 Å². The van der Waals surface area contributed by atoms with E-state index in [9.17, 15) is 10.1 Å². The van der Waals surface area contributed by atoms with Gasteiger partial charge in [-0.05, 0) is 42.8 Å². The van der Waals surface area contributed by atoms with Crippen LogP contribution in [0.25, 0.3) is 6.08 Å². The van der Waals surface area contributed by atoms with Crippen molar-refractivity contribution in [2.75, 3.05) is 18.5 Å². The van der Waals surface area contributed by atoms with Crippen LogP contribution in [0.1, 0.15) is 12.5 Å². The van der Waals surface area contributed by atoms with Crippen LogP contribution in [0.15, 0.2) is 42.0 Å². The van der Waals surface area contributed by atoms with Crippen molar-refractivity contribution >= 4 is 40.9 Å². The second-order valence-corrected chi connectivity index (χ2v) is 6.10. The molecule has 6 nitrogen and oxygen atoms in total. The molecule has 0 fully saturated rings. The fourth-order valence-corrected chi connectivity index (χ4v) is 2.57. The topological polar surface area (TPSA) is 95.1 Å². The predicted octanol–water partition coefficient (Wildman–Crippen LogP) is 4.84. The molecule has 0 aliphatic rings. The van der Waals surface area contributed by atoms with E-state index in [1.807, 2.05) is 12.1 Å². The molecule has 0 radical (unpaired) electrons. The van der Waals surface area contributed by atoms with Crippen LogP contribution >= 0.6 is 23.2 Å². The summed E-state index contributed by atoms with van der Waals surface area (Å²) in [5.41, 5.74) is 0.719. The molecule has 2 aromatic rings. The number of rotatable bonds is 7. The van der Waals surface area contributed by atoms with Crippen molar-refractivity contribution in [1.82, 2.24) is 0 Å². The minimum atomic E-state index is -0.630. The molecular weight excluding hydrogens is 401 g/mol. The third-order valence-electron chi connectivity index (χ3n) is 3.44. The summed E-state index contributed by atoms with van der Waals surface area (Å²) in [6, 6.07) is 13.4. The SMILES string of the molecule is CCOc1cc(/C=C(/C#N)C(=O)Nc2cccc(Cl)c2Cl)ccc1OCC#N. The number of amides is 1. The Kier molecular flexibility index (Phi) is 7.71. The number of benzene rings is 2. The first-order chi connectivity index (χ1) is 13.5. The number of hydrogen-bond acceptors (Lipinski definition) is 5. The van der Waals surface area contributed by atoms with Gasteiger partial charge >= 0.3 is 0 Å². The van der Waals surface area contributed by atoms with E-state index < -0.39 is 5.91 Å². The third kappa shape index (κ3) is 5.40. The highest BCUT2D eigenvalue weighted by Crippen LogP contribution is 2.31. The quantitative estimate of drug-likeness (QED) is 0.515. The van der Waals surface area contributed by atoms with E-state index in [-0.39, 0.29) is 22.2 Å². The summed E-state index contributed by atoms with van der Waals surface area (Å²) in [5, 5.41) is 21.1. The smallest absolute Gasteiger partial charge is 0.266 e. The second-order valence-electron chi connectivity index (χ2n) is 5.31. The maximum atomic E-state index is 12.4. The van der Waals surface area contributed by atoms with Gasteiger partial charge in [-0.1, -0.05) is 35.3 Å². The van der Waals surface area contributed by atoms with Crippen LogP contribution in [0, 0.1) is 22.7 Å². The molecular formula is C20H15Cl2N3O3. The Bertz CT molecular complexity index is 991. The van der Waals surface area contributed by atoms with E-state index in [0.29, 0.717) is 29.4 Å². The van der Waals surface area contributed by atoms with Gasteiger partial charge in [-0.2, -0.15) is 10.5 Å². The number of hydrogen-bond donors (Lipinski definition) is 1. The summed E-state index contributed by atoms with van der Waals surface area (Å²) in [5.74, 6) is 0.172. The van der Waals surface area contributed by atoms with E-state index in [1.54, 1.807) is 43.3 Å². The van der Waals surface area contributed by atoms with E-state index >= 15 is 0 Å². The summed E-state index contributed by atoms with van der Waals surface area (Å²) in [6.07, 6.45) is 1.41. The highest BCUT2D eigenvalue weighted by molar-refractivity contribution is 6.44. The van der Waals surface area contributed by atoms with Gasteiger partial charge in [0.25, 0.3) is 5.91 Å². The fraction of sp³-hybridized carbons (Fsp3) is 0.150. The molecule has 0 bridgehead atoms. The van der Waals surface area contributed by atoms with Crippen molar-refractivity contribution in [2.24, 2.45) is 0 Å². The standard InChI is InChI=1S/C20H15Cl2N3O3/c1-2-27-18-11-13(6-7-17(18)28-9-8-23)10-14(12-24)20(26)25-16-5-3-4-15(21)19(16)22/h3-7,10-11H,2,9H2,1H3,(H,25,26)/b14-10-. The molecule has 0 aliphatic carbocycles. The number of anilines is 1. The van der Waals surface area contributed by atoms with Gasteiger partial charge < -0.3 is 14.8 Å². The van der Waals surface area contributed by atoms with Gasteiger partial charge in [-0.25, -0.2) is 0 Å². The van der Waals surface area contributed by atoms with Crippen molar-refractivity contribution in [2.45, 2.75) is 6.92 Å². The van der Waals surface area contributed by atoms with Crippen LogP contribution < -0.4 is 14.8 Å². The van der Waals surface area contributed by atoms with Crippen molar-refractivity contribution in [3.05, 3.63) is 57.6 Å². The lowest BCUT2D eigenvalue weighted by Gasteiger charge is -2.11. The zero-order chi connectivity index (χ0) is 20.5. The zero-order valence-corrected chi connectivity index (χ0v) is 16.3. The van der Waals surface area contributed by atoms with Crippen molar-refractivity contribution in [1.29, 1.82) is 10.5 Å². The molecule has 0 heterocycles. The fourth-order valence-electron chi connectivity index (χ4n) is 2.22. The van der Waals surface area contributed by atoms with Crippen LogP contribution in [0.2, 0.25) is 10.0 Å². The van der Waals surface area contributed by atoms with Gasteiger partial charge in [0.15, 0.2) is 18.1 Å². The second kappa shape index (κ2) is 10.2. The molecule has 142 valence electrons. The number of halogens is 2. The van der Waals surface area contributed by atoms with E-state index in [0.717, 1.165) is 0 Å². The molecule has 2 rings (SSSR count). The maximum Gasteiger partial charge on any atom is 0.266 e. The Morgan fingerprint density at radius 2 is 1.96 bits per heavy atom. The first kappa shape index (κ1) is 21.1. The van der Waals surface area contributed by atoms with Gasteiger partial charge in [0.2, 0.25) is 0 Å². The Hall–Kier alpha value is -3.19. The molecule has 1 amide bonds. The highest BCUT2D eigenvalue weighted by Gasteiger charge is 2.14. The number of nitriles is 2. The normalized spacial score (nSPS) is 10.5. The lowest BCUT2D eigenvalue weighted by Crippen LogP contribution is -2.13. The largest absolute Gasteiger partial charge is 0.490 e. The summed E-state index contributed by atoms with van der Waals surface area (Å²) in [6.45, 7) is 2.07. The predicted molar refractivity (Wildman–Crippen MR) is 107 cm³/mol. The first-order valence-corrected chi connectivity index (χ1v) is 8.89. The van der Waals surface area contributed by atoms with Crippen LogP contribution in [0.3, 0.4) is 0 Å². The molecule has 8 heteroatoms. The first-order valence-electron chi connectivity index (χ1n) is 8.13. The number of ether oxygens (including phenoxy) is 2. The molecule has 0 saturated carbocycles.